The van der Waals surface area contributed by atoms with Crippen LogP contribution in [0.1, 0.15) is 17.3 Å². The van der Waals surface area contributed by atoms with E-state index in [1.165, 1.54) is 30.8 Å². The Labute approximate surface area is 118 Å². The molecule has 18 heavy (non-hydrogen) atoms. The van der Waals surface area contributed by atoms with E-state index in [1.807, 2.05) is 24.3 Å². The van der Waals surface area contributed by atoms with Crippen molar-refractivity contribution < 1.29 is 9.18 Å². The highest BCUT2D eigenvalue weighted by Crippen LogP contribution is 2.32. The van der Waals surface area contributed by atoms with Crippen molar-refractivity contribution in [3.05, 3.63) is 58.3 Å². The highest BCUT2D eigenvalue weighted by Gasteiger charge is 2.10. The summed E-state index contributed by atoms with van der Waals surface area (Å²) in [7, 11) is 0. The molecule has 0 amide bonds. The van der Waals surface area contributed by atoms with Crippen molar-refractivity contribution in [3.63, 3.8) is 0 Å². The second-order valence-corrected chi connectivity index (χ2v) is 5.79. The van der Waals surface area contributed by atoms with E-state index in [9.17, 15) is 9.18 Å². The third kappa shape index (κ3) is 3.21. The Kier molecular flexibility index (Phi) is 4.19. The van der Waals surface area contributed by atoms with Crippen molar-refractivity contribution in [1.82, 2.24) is 0 Å². The van der Waals surface area contributed by atoms with Gasteiger partial charge in [-0.3, -0.25) is 4.79 Å². The lowest BCUT2D eigenvalue weighted by Gasteiger charge is -2.07. The van der Waals surface area contributed by atoms with Gasteiger partial charge in [0, 0.05) is 19.8 Å². The van der Waals surface area contributed by atoms with Gasteiger partial charge in [0.15, 0.2) is 5.78 Å². The van der Waals surface area contributed by atoms with Crippen LogP contribution in [0.3, 0.4) is 0 Å². The lowest BCUT2D eigenvalue weighted by Crippen LogP contribution is -1.96. The number of carbonyl (C=O) groups is 1. The molecule has 0 aromatic heterocycles. The molecule has 2 aromatic rings. The molecule has 0 atom stereocenters. The van der Waals surface area contributed by atoms with Crippen LogP contribution in [0.25, 0.3) is 0 Å². The van der Waals surface area contributed by atoms with Crippen LogP contribution in [0.5, 0.6) is 0 Å². The van der Waals surface area contributed by atoms with Crippen molar-refractivity contribution in [2.24, 2.45) is 0 Å². The fraction of sp³-hybridized carbons (Fsp3) is 0.0714. The quantitative estimate of drug-likeness (QED) is 0.744. The van der Waals surface area contributed by atoms with Crippen LogP contribution in [0, 0.1) is 5.82 Å². The number of Topliss-reactive ketones (excluding diaryl/α,β-unsaturated/α-hetero) is 1. The zero-order valence-electron chi connectivity index (χ0n) is 9.61. The summed E-state index contributed by atoms with van der Waals surface area (Å²) in [6, 6.07) is 12.0. The van der Waals surface area contributed by atoms with Gasteiger partial charge in [-0.15, -0.1) is 0 Å². The van der Waals surface area contributed by atoms with Crippen LogP contribution >= 0.6 is 27.7 Å². The molecular formula is C14H10BrFOS. The molecule has 4 heteroatoms. The maximum atomic E-state index is 13.1. The van der Waals surface area contributed by atoms with E-state index in [4.69, 9.17) is 0 Å². The molecule has 0 aliphatic rings. The van der Waals surface area contributed by atoms with Crippen LogP contribution in [0.4, 0.5) is 4.39 Å². The first kappa shape index (κ1) is 13.3. The van der Waals surface area contributed by atoms with E-state index in [1.54, 1.807) is 6.07 Å². The minimum atomic E-state index is -0.390. The number of halogens is 2. The third-order valence-corrected chi connectivity index (χ3v) is 3.90. The van der Waals surface area contributed by atoms with Gasteiger partial charge in [-0.1, -0.05) is 33.8 Å². The molecule has 0 saturated heterocycles. The Bertz CT molecular complexity index is 598. The minimum Gasteiger partial charge on any atom is -0.294 e. The maximum Gasteiger partial charge on any atom is 0.161 e. The predicted molar refractivity (Wildman–Crippen MR) is 74.7 cm³/mol. The molecule has 0 unspecified atom stereocenters. The molecule has 0 fully saturated rings. The summed E-state index contributed by atoms with van der Waals surface area (Å²) in [6.07, 6.45) is 0. The summed E-state index contributed by atoms with van der Waals surface area (Å²) < 4.78 is 14.1. The van der Waals surface area contributed by atoms with Crippen molar-refractivity contribution in [2.45, 2.75) is 16.7 Å². The molecule has 0 N–H and O–H groups in total. The van der Waals surface area contributed by atoms with E-state index < -0.39 is 5.82 Å². The maximum absolute atomic E-state index is 13.1. The standard InChI is InChI=1S/C14H10BrFOS/c1-9(17)13-8-11(16)5-6-14(13)18-12-4-2-3-10(15)7-12/h2-8H,1H3. The van der Waals surface area contributed by atoms with Gasteiger partial charge >= 0.3 is 0 Å². The lowest BCUT2D eigenvalue weighted by atomic mass is 10.1. The van der Waals surface area contributed by atoms with E-state index in [2.05, 4.69) is 15.9 Å². The van der Waals surface area contributed by atoms with Gasteiger partial charge in [-0.2, -0.15) is 0 Å². The number of ketones is 1. The van der Waals surface area contributed by atoms with Crippen LogP contribution in [-0.4, -0.2) is 5.78 Å². The summed E-state index contributed by atoms with van der Waals surface area (Å²) in [4.78, 5) is 13.3. The van der Waals surface area contributed by atoms with E-state index >= 15 is 0 Å². The zero-order chi connectivity index (χ0) is 13.1. The summed E-state index contributed by atoms with van der Waals surface area (Å²) in [5, 5.41) is 0. The number of carbonyl (C=O) groups excluding carboxylic acids is 1. The van der Waals surface area contributed by atoms with Crippen molar-refractivity contribution in [1.29, 1.82) is 0 Å². The molecule has 0 saturated carbocycles. The Morgan fingerprint density at radius 3 is 2.67 bits per heavy atom. The summed E-state index contributed by atoms with van der Waals surface area (Å²) in [6.45, 7) is 1.44. The fourth-order valence-corrected chi connectivity index (χ4v) is 3.11. The van der Waals surface area contributed by atoms with E-state index in [-0.39, 0.29) is 5.78 Å². The van der Waals surface area contributed by atoms with Gasteiger partial charge in [0.2, 0.25) is 0 Å². The third-order valence-electron chi connectivity index (χ3n) is 2.34. The van der Waals surface area contributed by atoms with Crippen molar-refractivity contribution in [3.8, 4) is 0 Å². The molecule has 0 bridgehead atoms. The molecule has 2 aromatic carbocycles. The van der Waals surface area contributed by atoms with Gasteiger partial charge in [0.25, 0.3) is 0 Å². The first-order valence-electron chi connectivity index (χ1n) is 5.30. The van der Waals surface area contributed by atoms with Crippen LogP contribution in [0.2, 0.25) is 0 Å². The molecule has 2 rings (SSSR count). The van der Waals surface area contributed by atoms with Gasteiger partial charge in [0.1, 0.15) is 5.82 Å². The highest BCUT2D eigenvalue weighted by molar-refractivity contribution is 9.10. The average Bonchev–Trinajstić information content (AvgIpc) is 2.31. The molecule has 0 radical (unpaired) electrons. The monoisotopic (exact) mass is 324 g/mol. The topological polar surface area (TPSA) is 17.1 Å². The number of rotatable bonds is 3. The van der Waals surface area contributed by atoms with Gasteiger partial charge in [0.05, 0.1) is 0 Å². The van der Waals surface area contributed by atoms with Gasteiger partial charge in [-0.05, 0) is 43.3 Å². The normalized spacial score (nSPS) is 10.4. The Balaban J connectivity index is 2.37. The summed E-state index contributed by atoms with van der Waals surface area (Å²) >= 11 is 4.84. The Morgan fingerprint density at radius 1 is 1.22 bits per heavy atom. The lowest BCUT2D eigenvalue weighted by molar-refractivity contribution is 0.101. The van der Waals surface area contributed by atoms with E-state index in [0.29, 0.717) is 5.56 Å². The number of hydrogen-bond acceptors (Lipinski definition) is 2. The molecular weight excluding hydrogens is 315 g/mol. The first-order valence-corrected chi connectivity index (χ1v) is 6.91. The molecule has 0 spiro atoms. The predicted octanol–water partition coefficient (Wildman–Crippen LogP) is 4.94. The van der Waals surface area contributed by atoms with Crippen LogP contribution < -0.4 is 0 Å². The number of benzene rings is 2. The summed E-state index contributed by atoms with van der Waals surface area (Å²) in [5.41, 5.74) is 0.417. The Hall–Kier alpha value is -1.13. The van der Waals surface area contributed by atoms with Crippen LogP contribution in [0.15, 0.2) is 56.7 Å². The SMILES string of the molecule is CC(=O)c1cc(F)ccc1Sc1cccc(Br)c1. The van der Waals surface area contributed by atoms with E-state index in [0.717, 1.165) is 14.3 Å². The molecule has 0 aliphatic heterocycles. The smallest absolute Gasteiger partial charge is 0.161 e. The first-order chi connectivity index (χ1) is 8.56. The summed E-state index contributed by atoms with van der Waals surface area (Å²) in [5.74, 6) is -0.522. The second-order valence-electron chi connectivity index (χ2n) is 3.76. The minimum absolute atomic E-state index is 0.132. The molecule has 0 heterocycles. The molecule has 92 valence electrons. The second kappa shape index (κ2) is 5.67. The zero-order valence-corrected chi connectivity index (χ0v) is 12.0. The highest BCUT2D eigenvalue weighted by atomic mass is 79.9. The molecule has 1 nitrogen and oxygen atoms in total. The fourth-order valence-electron chi connectivity index (χ4n) is 1.52. The molecule has 0 aliphatic carbocycles. The van der Waals surface area contributed by atoms with Gasteiger partial charge < -0.3 is 0 Å². The Morgan fingerprint density at radius 2 is 2.00 bits per heavy atom. The van der Waals surface area contributed by atoms with Gasteiger partial charge in [-0.25, -0.2) is 4.39 Å². The van der Waals surface area contributed by atoms with Crippen molar-refractivity contribution in [2.75, 3.05) is 0 Å². The van der Waals surface area contributed by atoms with Crippen molar-refractivity contribution >= 4 is 33.5 Å². The average molecular weight is 325 g/mol. The number of hydrogen-bond donors (Lipinski definition) is 0. The van der Waals surface area contributed by atoms with Crippen LogP contribution in [-0.2, 0) is 0 Å². The largest absolute Gasteiger partial charge is 0.294 e.